The third-order valence-electron chi connectivity index (χ3n) is 3.44. The topological polar surface area (TPSA) is 55.2 Å². The number of nitrogens with zero attached hydrogens (tertiary/aromatic N) is 3. The van der Waals surface area contributed by atoms with Gasteiger partial charge in [0.2, 0.25) is 5.91 Å². The first-order valence-electron chi connectivity index (χ1n) is 6.85. The van der Waals surface area contributed by atoms with Gasteiger partial charge in [0.1, 0.15) is 11.4 Å². The number of thiophene rings is 1. The van der Waals surface area contributed by atoms with Crippen LogP contribution >= 0.6 is 11.3 Å². The number of carbonyl (C=O) groups excluding carboxylic acids is 1. The fourth-order valence-electron chi connectivity index (χ4n) is 2.22. The maximum Gasteiger partial charge on any atom is 0.262 e. The lowest BCUT2D eigenvalue weighted by Gasteiger charge is -2.17. The Hall–Kier alpha value is -2.47. The van der Waals surface area contributed by atoms with Crippen molar-refractivity contribution in [2.75, 3.05) is 7.05 Å². The van der Waals surface area contributed by atoms with Gasteiger partial charge in [0.15, 0.2) is 0 Å². The largest absolute Gasteiger partial charge is 0.340 e. The zero-order valence-corrected chi connectivity index (χ0v) is 12.9. The summed E-state index contributed by atoms with van der Waals surface area (Å²) in [6.07, 6.45) is 1.44. The number of fused-ring (bicyclic) bond motifs is 1. The summed E-state index contributed by atoms with van der Waals surface area (Å²) < 4.78 is 1.36. The van der Waals surface area contributed by atoms with E-state index in [2.05, 4.69) is 4.98 Å². The van der Waals surface area contributed by atoms with Crippen molar-refractivity contribution in [2.24, 2.45) is 0 Å². The Labute approximate surface area is 131 Å². The fourth-order valence-corrected chi connectivity index (χ4v) is 2.94. The molecule has 0 saturated heterocycles. The number of likely N-dealkylation sites (N-methyl/N-ethyl adjacent to an activating group) is 1. The lowest BCUT2D eigenvalue weighted by atomic mass is 10.2. The number of rotatable bonds is 4. The second-order valence-electron chi connectivity index (χ2n) is 5.05. The van der Waals surface area contributed by atoms with E-state index >= 15 is 0 Å². The van der Waals surface area contributed by atoms with Crippen LogP contribution < -0.4 is 5.56 Å². The molecule has 22 heavy (non-hydrogen) atoms. The Morgan fingerprint density at radius 1 is 1.27 bits per heavy atom. The number of benzene rings is 1. The van der Waals surface area contributed by atoms with Gasteiger partial charge in [0, 0.05) is 13.6 Å². The van der Waals surface area contributed by atoms with Crippen LogP contribution in [0.25, 0.3) is 10.2 Å². The molecule has 5 nitrogen and oxygen atoms in total. The summed E-state index contributed by atoms with van der Waals surface area (Å²) in [5.41, 5.74) is 0.879. The van der Waals surface area contributed by atoms with Crippen LogP contribution in [0, 0.1) is 0 Å². The molecule has 0 aliphatic heterocycles. The van der Waals surface area contributed by atoms with E-state index in [1.54, 1.807) is 18.0 Å². The first kappa shape index (κ1) is 14.5. The van der Waals surface area contributed by atoms with E-state index < -0.39 is 0 Å². The molecular formula is C16H15N3O2S. The van der Waals surface area contributed by atoms with Gasteiger partial charge in [-0.05, 0) is 17.0 Å². The Morgan fingerprint density at radius 3 is 2.82 bits per heavy atom. The zero-order chi connectivity index (χ0) is 15.5. The Morgan fingerprint density at radius 2 is 2.05 bits per heavy atom. The van der Waals surface area contributed by atoms with Gasteiger partial charge in [-0.15, -0.1) is 11.3 Å². The standard InChI is InChI=1S/C16H15N3O2S/c1-18(9-12-5-3-2-4-6-12)14(20)10-19-11-17-15-13(16(19)21)7-8-22-15/h2-8,11H,9-10H2,1H3. The number of amides is 1. The molecular weight excluding hydrogens is 298 g/mol. The summed E-state index contributed by atoms with van der Waals surface area (Å²) >= 11 is 1.42. The number of carbonyl (C=O) groups is 1. The molecule has 0 aliphatic carbocycles. The normalized spacial score (nSPS) is 10.8. The van der Waals surface area contributed by atoms with E-state index in [4.69, 9.17) is 0 Å². The second kappa shape index (κ2) is 6.11. The van der Waals surface area contributed by atoms with Crippen molar-refractivity contribution in [3.63, 3.8) is 0 Å². The Balaban J connectivity index is 1.75. The van der Waals surface area contributed by atoms with Gasteiger partial charge in [-0.25, -0.2) is 4.98 Å². The molecule has 0 unspecified atom stereocenters. The van der Waals surface area contributed by atoms with Gasteiger partial charge in [0.25, 0.3) is 5.56 Å². The van der Waals surface area contributed by atoms with Crippen molar-refractivity contribution < 1.29 is 4.79 Å². The predicted octanol–water partition coefficient (Wildman–Crippen LogP) is 2.12. The average molecular weight is 313 g/mol. The Bertz CT molecular complexity index is 854. The molecule has 1 amide bonds. The number of aromatic nitrogens is 2. The average Bonchev–Trinajstić information content (AvgIpc) is 3.00. The van der Waals surface area contributed by atoms with Crippen molar-refractivity contribution in [1.29, 1.82) is 0 Å². The first-order chi connectivity index (χ1) is 10.6. The van der Waals surface area contributed by atoms with Gasteiger partial charge < -0.3 is 4.90 Å². The molecule has 0 radical (unpaired) electrons. The Kier molecular flexibility index (Phi) is 4.02. The van der Waals surface area contributed by atoms with Crippen molar-refractivity contribution in [2.45, 2.75) is 13.1 Å². The quantitative estimate of drug-likeness (QED) is 0.741. The second-order valence-corrected chi connectivity index (χ2v) is 5.95. The lowest BCUT2D eigenvalue weighted by Crippen LogP contribution is -2.33. The third-order valence-corrected chi connectivity index (χ3v) is 4.27. The van der Waals surface area contributed by atoms with Gasteiger partial charge in [-0.2, -0.15) is 0 Å². The van der Waals surface area contributed by atoms with Crippen LogP contribution in [0.2, 0.25) is 0 Å². The summed E-state index contributed by atoms with van der Waals surface area (Å²) in [7, 11) is 1.73. The fraction of sp³-hybridized carbons (Fsp3) is 0.188. The van der Waals surface area contributed by atoms with Gasteiger partial charge in [-0.3, -0.25) is 14.2 Å². The highest BCUT2D eigenvalue weighted by molar-refractivity contribution is 7.16. The van der Waals surface area contributed by atoms with Gasteiger partial charge in [0.05, 0.1) is 11.7 Å². The van der Waals surface area contributed by atoms with Gasteiger partial charge >= 0.3 is 0 Å². The molecule has 0 bridgehead atoms. The van der Waals surface area contributed by atoms with Crippen molar-refractivity contribution in [3.05, 3.63) is 64.0 Å². The highest BCUT2D eigenvalue weighted by atomic mass is 32.1. The molecule has 0 N–H and O–H groups in total. The minimum Gasteiger partial charge on any atom is -0.340 e. The van der Waals surface area contributed by atoms with E-state index in [9.17, 15) is 9.59 Å². The van der Waals surface area contributed by atoms with Crippen LogP contribution in [0.1, 0.15) is 5.56 Å². The van der Waals surface area contributed by atoms with Crippen molar-refractivity contribution in [3.8, 4) is 0 Å². The molecule has 0 atom stereocenters. The number of hydrogen-bond donors (Lipinski definition) is 0. The highest BCUT2D eigenvalue weighted by Crippen LogP contribution is 2.13. The summed E-state index contributed by atoms with van der Waals surface area (Å²) in [6, 6.07) is 11.5. The van der Waals surface area contributed by atoms with E-state index in [1.165, 1.54) is 22.2 Å². The molecule has 0 saturated carbocycles. The summed E-state index contributed by atoms with van der Waals surface area (Å²) in [4.78, 5) is 31.1. The van der Waals surface area contributed by atoms with Crippen LogP contribution in [0.3, 0.4) is 0 Å². The SMILES string of the molecule is CN(Cc1ccccc1)C(=O)Cn1cnc2sccc2c1=O. The molecule has 3 aromatic rings. The summed E-state index contributed by atoms with van der Waals surface area (Å²) in [6.45, 7) is 0.517. The molecule has 2 aromatic heterocycles. The lowest BCUT2D eigenvalue weighted by molar-refractivity contribution is -0.131. The maximum absolute atomic E-state index is 12.3. The van der Waals surface area contributed by atoms with E-state index in [0.717, 1.165) is 5.56 Å². The summed E-state index contributed by atoms with van der Waals surface area (Å²) in [5, 5.41) is 2.39. The van der Waals surface area contributed by atoms with Gasteiger partial charge in [-0.1, -0.05) is 30.3 Å². The maximum atomic E-state index is 12.3. The summed E-state index contributed by atoms with van der Waals surface area (Å²) in [5.74, 6) is -0.123. The smallest absolute Gasteiger partial charge is 0.262 e. The monoisotopic (exact) mass is 313 g/mol. The van der Waals surface area contributed by atoms with Crippen LogP contribution in [0.15, 0.2) is 52.9 Å². The molecule has 2 heterocycles. The molecule has 0 aliphatic rings. The molecule has 1 aromatic carbocycles. The third kappa shape index (κ3) is 2.92. The molecule has 3 rings (SSSR count). The zero-order valence-electron chi connectivity index (χ0n) is 12.1. The van der Waals surface area contributed by atoms with Crippen molar-refractivity contribution >= 4 is 27.5 Å². The minimum absolute atomic E-state index is 0.000946. The molecule has 112 valence electrons. The van der Waals surface area contributed by atoms with E-state index in [1.807, 2.05) is 35.7 Å². The van der Waals surface area contributed by atoms with Crippen LogP contribution in [0.4, 0.5) is 0 Å². The molecule has 0 spiro atoms. The van der Waals surface area contributed by atoms with E-state index in [-0.39, 0.29) is 18.0 Å². The molecule has 0 fully saturated rings. The first-order valence-corrected chi connectivity index (χ1v) is 7.73. The minimum atomic E-state index is -0.173. The van der Waals surface area contributed by atoms with Crippen molar-refractivity contribution in [1.82, 2.24) is 14.5 Å². The van der Waals surface area contributed by atoms with E-state index in [0.29, 0.717) is 16.8 Å². The predicted molar refractivity (Wildman–Crippen MR) is 86.8 cm³/mol. The number of hydrogen-bond acceptors (Lipinski definition) is 4. The highest BCUT2D eigenvalue weighted by Gasteiger charge is 2.12. The van der Waals surface area contributed by atoms with Crippen LogP contribution in [0.5, 0.6) is 0 Å². The molecule has 6 heteroatoms. The van der Waals surface area contributed by atoms with Crippen LogP contribution in [-0.4, -0.2) is 27.4 Å². The van der Waals surface area contributed by atoms with Crippen LogP contribution in [-0.2, 0) is 17.9 Å².